The molecule has 0 saturated carbocycles. The highest BCUT2D eigenvalue weighted by molar-refractivity contribution is 6.90. The summed E-state index contributed by atoms with van der Waals surface area (Å²) in [5.41, 5.74) is 20.6. The van der Waals surface area contributed by atoms with Crippen molar-refractivity contribution in [2.45, 2.75) is 0 Å². The Morgan fingerprint density at radius 3 is 1.78 bits per heavy atom. The average molecular weight is 748 g/mol. The lowest BCUT2D eigenvalue weighted by atomic mass is 9.44. The molecule has 2 aliphatic heterocycles. The molecule has 0 fully saturated rings. The van der Waals surface area contributed by atoms with Crippen LogP contribution in [0.3, 0.4) is 0 Å². The quantitative estimate of drug-likeness (QED) is 0.164. The number of fused-ring (bicyclic) bond motifs is 7. The third-order valence-corrected chi connectivity index (χ3v) is 12.4. The number of nitriles is 1. The van der Waals surface area contributed by atoms with Gasteiger partial charge in [-0.05, 0) is 103 Å². The summed E-state index contributed by atoms with van der Waals surface area (Å²) in [6, 6.07) is 76.9. The standard InChI is InChI=1S/C55H34BN3/c57-35-36-14-12-21-42(32-36)47-34-51-54-53(52(47)40-19-8-3-9-20-40)46-24-13-23-45-44-22-10-11-25-49(44)59(55(45)46)56(54)48-33-41(38-17-6-2-7-18-38)28-31-50(48)58(51)43-29-26-39(27-30-43)37-15-4-1-5-16-37/h1-34H. The van der Waals surface area contributed by atoms with E-state index < -0.39 is 0 Å². The largest absolute Gasteiger partial charge is 0.375 e. The van der Waals surface area contributed by atoms with E-state index in [2.05, 4.69) is 204 Å². The zero-order valence-electron chi connectivity index (χ0n) is 32.0. The monoisotopic (exact) mass is 747 g/mol. The maximum absolute atomic E-state index is 10.2. The number of hydrogen-bond donors (Lipinski definition) is 0. The number of anilines is 3. The molecule has 2 aliphatic rings. The molecule has 12 rings (SSSR count). The SMILES string of the molecule is N#Cc1cccc(-c2cc3c4c(c2-c2ccccc2)-c2cccc5c6ccccc6n(c25)B4c2cc(-c4ccccc4)ccc2N3c2ccc(-c3ccccc3)cc2)c1. The highest BCUT2D eigenvalue weighted by Crippen LogP contribution is 2.51. The Labute approximate surface area is 343 Å². The molecule has 0 aliphatic carbocycles. The van der Waals surface area contributed by atoms with Crippen LogP contribution in [0.5, 0.6) is 0 Å². The molecular weight excluding hydrogens is 713 g/mol. The highest BCUT2D eigenvalue weighted by Gasteiger charge is 2.44. The van der Waals surface area contributed by atoms with E-state index in [-0.39, 0.29) is 6.85 Å². The van der Waals surface area contributed by atoms with E-state index in [0.29, 0.717) is 5.56 Å². The lowest BCUT2D eigenvalue weighted by Crippen LogP contribution is -2.57. The summed E-state index contributed by atoms with van der Waals surface area (Å²) in [6.45, 7) is -0.127. The molecule has 0 N–H and O–H groups in total. The number of aromatic nitrogens is 1. The minimum Gasteiger partial charge on any atom is -0.375 e. The van der Waals surface area contributed by atoms with Crippen molar-refractivity contribution in [3.8, 4) is 61.7 Å². The van der Waals surface area contributed by atoms with Crippen molar-refractivity contribution >= 4 is 56.6 Å². The topological polar surface area (TPSA) is 32.0 Å². The number of hydrogen-bond acceptors (Lipinski definition) is 2. The van der Waals surface area contributed by atoms with Gasteiger partial charge < -0.3 is 9.38 Å². The Bertz CT molecular complexity index is 3330. The summed E-state index contributed by atoms with van der Waals surface area (Å²) in [6.07, 6.45) is 0. The smallest absolute Gasteiger partial charge is 0.333 e. The molecule has 3 nitrogen and oxygen atoms in total. The predicted molar refractivity (Wildman–Crippen MR) is 246 cm³/mol. The van der Waals surface area contributed by atoms with Crippen LogP contribution < -0.4 is 15.8 Å². The second kappa shape index (κ2) is 13.1. The van der Waals surface area contributed by atoms with Crippen LogP contribution >= 0.6 is 0 Å². The van der Waals surface area contributed by atoms with Crippen molar-refractivity contribution in [3.63, 3.8) is 0 Å². The summed E-state index contributed by atoms with van der Waals surface area (Å²) in [5, 5.41) is 12.7. The molecule has 0 unspecified atom stereocenters. The van der Waals surface area contributed by atoms with E-state index in [9.17, 15) is 5.26 Å². The predicted octanol–water partition coefficient (Wildman–Crippen LogP) is 12.8. The summed E-state index contributed by atoms with van der Waals surface area (Å²) >= 11 is 0. The summed E-state index contributed by atoms with van der Waals surface area (Å²) in [7, 11) is 0. The van der Waals surface area contributed by atoms with Crippen LogP contribution in [0, 0.1) is 11.3 Å². The van der Waals surface area contributed by atoms with Gasteiger partial charge in [0.25, 0.3) is 0 Å². The van der Waals surface area contributed by atoms with Crippen LogP contribution in [-0.2, 0) is 0 Å². The van der Waals surface area contributed by atoms with Gasteiger partial charge in [-0.1, -0.05) is 164 Å². The Balaban J connectivity index is 1.26. The number of nitrogens with zero attached hydrogens (tertiary/aromatic N) is 3. The van der Waals surface area contributed by atoms with Gasteiger partial charge in [-0.15, -0.1) is 0 Å². The second-order valence-electron chi connectivity index (χ2n) is 15.5. The minimum atomic E-state index is -0.127. The average Bonchev–Trinajstić information content (AvgIpc) is 3.65. The van der Waals surface area contributed by atoms with E-state index >= 15 is 0 Å². The zero-order chi connectivity index (χ0) is 39.0. The van der Waals surface area contributed by atoms with Gasteiger partial charge in [0.05, 0.1) is 11.6 Å². The lowest BCUT2D eigenvalue weighted by molar-refractivity contribution is 1.25. The number of rotatable bonds is 5. The Morgan fingerprint density at radius 1 is 0.424 bits per heavy atom. The van der Waals surface area contributed by atoms with Gasteiger partial charge in [-0.25, -0.2) is 0 Å². The number of benzene rings is 9. The van der Waals surface area contributed by atoms with Crippen LogP contribution in [-0.4, -0.2) is 11.3 Å². The second-order valence-corrected chi connectivity index (χ2v) is 15.5. The molecule has 0 atom stereocenters. The maximum atomic E-state index is 10.2. The third-order valence-electron chi connectivity index (χ3n) is 12.4. The highest BCUT2D eigenvalue weighted by atomic mass is 15.2. The van der Waals surface area contributed by atoms with Gasteiger partial charge in [-0.3, -0.25) is 0 Å². The van der Waals surface area contributed by atoms with Gasteiger partial charge in [0.2, 0.25) is 0 Å². The van der Waals surface area contributed by atoms with E-state index in [0.717, 1.165) is 33.8 Å². The Hall–Kier alpha value is -7.87. The first-order valence-corrected chi connectivity index (χ1v) is 20.2. The van der Waals surface area contributed by atoms with Crippen molar-refractivity contribution in [2.24, 2.45) is 0 Å². The third kappa shape index (κ3) is 5.02. The zero-order valence-corrected chi connectivity index (χ0v) is 32.0. The molecule has 59 heavy (non-hydrogen) atoms. The maximum Gasteiger partial charge on any atom is 0.333 e. The fourth-order valence-electron chi connectivity index (χ4n) is 9.89. The normalized spacial score (nSPS) is 12.3. The molecular formula is C55H34BN3. The molecule has 0 spiro atoms. The van der Waals surface area contributed by atoms with Crippen molar-refractivity contribution in [1.29, 1.82) is 5.26 Å². The van der Waals surface area contributed by atoms with Crippen molar-refractivity contribution < 1.29 is 0 Å². The summed E-state index contributed by atoms with van der Waals surface area (Å²) < 4.78 is 2.63. The van der Waals surface area contributed by atoms with Crippen LogP contribution in [0.2, 0.25) is 0 Å². The molecule has 0 bridgehead atoms. The van der Waals surface area contributed by atoms with Crippen LogP contribution in [0.25, 0.3) is 77.4 Å². The molecule has 0 radical (unpaired) electrons. The molecule has 1 aromatic heterocycles. The molecule has 3 heterocycles. The Morgan fingerprint density at radius 2 is 1.03 bits per heavy atom. The minimum absolute atomic E-state index is 0.127. The lowest BCUT2D eigenvalue weighted by Gasteiger charge is -2.42. The first-order chi connectivity index (χ1) is 29.2. The molecule has 10 aromatic rings. The van der Waals surface area contributed by atoms with Crippen LogP contribution in [0.15, 0.2) is 206 Å². The first-order valence-electron chi connectivity index (χ1n) is 20.2. The van der Waals surface area contributed by atoms with Gasteiger partial charge in [-0.2, -0.15) is 5.26 Å². The van der Waals surface area contributed by atoms with Gasteiger partial charge >= 0.3 is 6.85 Å². The van der Waals surface area contributed by atoms with Crippen molar-refractivity contribution in [1.82, 2.24) is 4.48 Å². The molecule has 272 valence electrons. The molecule has 4 heteroatoms. The van der Waals surface area contributed by atoms with Gasteiger partial charge in [0.15, 0.2) is 0 Å². The first kappa shape index (κ1) is 33.3. The van der Waals surface area contributed by atoms with E-state index in [1.807, 2.05) is 18.2 Å². The van der Waals surface area contributed by atoms with Gasteiger partial charge in [0, 0.05) is 44.4 Å². The summed E-state index contributed by atoms with van der Waals surface area (Å²) in [4.78, 5) is 2.48. The molecule has 0 amide bonds. The number of para-hydroxylation sites is 2. The molecule has 9 aromatic carbocycles. The van der Waals surface area contributed by atoms with E-state index in [4.69, 9.17) is 0 Å². The Kier molecular flexibility index (Phi) is 7.39. The fourth-order valence-corrected chi connectivity index (χ4v) is 9.89. The van der Waals surface area contributed by atoms with E-state index in [1.165, 1.54) is 71.7 Å². The van der Waals surface area contributed by atoms with Crippen LogP contribution in [0.1, 0.15) is 5.56 Å². The van der Waals surface area contributed by atoms with Gasteiger partial charge in [0.1, 0.15) is 0 Å². The fraction of sp³-hybridized carbons (Fsp3) is 0. The van der Waals surface area contributed by atoms with Crippen molar-refractivity contribution in [2.75, 3.05) is 4.90 Å². The van der Waals surface area contributed by atoms with Crippen LogP contribution in [0.4, 0.5) is 17.1 Å². The summed E-state index contributed by atoms with van der Waals surface area (Å²) in [5.74, 6) is 0. The van der Waals surface area contributed by atoms with Crippen molar-refractivity contribution in [3.05, 3.63) is 212 Å². The van der Waals surface area contributed by atoms with E-state index in [1.54, 1.807) is 0 Å². The molecule has 0 saturated heterocycles.